The van der Waals surface area contributed by atoms with Gasteiger partial charge in [-0.15, -0.1) is 0 Å². The van der Waals surface area contributed by atoms with Crippen LogP contribution in [0.1, 0.15) is 25.0 Å². The molecule has 71 heavy (non-hydrogen) atoms. The lowest BCUT2D eigenvalue weighted by Gasteiger charge is -2.21. The quantitative estimate of drug-likeness (QED) is 0.162. The maximum atomic E-state index is 5.50. The first-order valence-electron chi connectivity index (χ1n) is 24.4. The number of hydrogen-bond acceptors (Lipinski definition) is 3. The van der Waals surface area contributed by atoms with Crippen LogP contribution in [0.4, 0.5) is 0 Å². The molecule has 0 amide bonds. The number of benzene rings is 11. The summed E-state index contributed by atoms with van der Waals surface area (Å²) in [6.45, 7) is 4.63. The van der Waals surface area contributed by atoms with E-state index in [1.165, 1.54) is 65.5 Å². The van der Waals surface area contributed by atoms with Gasteiger partial charge in [-0.25, -0.2) is 4.98 Å². The van der Waals surface area contributed by atoms with E-state index in [-0.39, 0.29) is 5.41 Å². The van der Waals surface area contributed by atoms with E-state index in [0.717, 1.165) is 60.6 Å². The van der Waals surface area contributed by atoms with Gasteiger partial charge in [0.1, 0.15) is 0 Å². The molecular weight excluding hydrogens is 863 g/mol. The van der Waals surface area contributed by atoms with Crippen LogP contribution in [0, 0.1) is 0 Å². The molecule has 0 saturated heterocycles. The van der Waals surface area contributed by atoms with Crippen molar-refractivity contribution < 1.29 is 0 Å². The summed E-state index contributed by atoms with van der Waals surface area (Å²) in [5.41, 5.74) is 14.6. The summed E-state index contributed by atoms with van der Waals surface area (Å²) < 4.78 is 4.74. The summed E-state index contributed by atoms with van der Waals surface area (Å²) in [7, 11) is 0. The highest BCUT2D eigenvalue weighted by Crippen LogP contribution is 2.50. The molecule has 3 aromatic heterocycles. The van der Waals surface area contributed by atoms with E-state index in [9.17, 15) is 0 Å². The minimum absolute atomic E-state index is 0.115. The van der Waals surface area contributed by atoms with E-state index >= 15 is 0 Å². The van der Waals surface area contributed by atoms with Crippen LogP contribution in [0.5, 0.6) is 0 Å². The minimum Gasteiger partial charge on any atom is -0.307 e. The van der Waals surface area contributed by atoms with E-state index in [4.69, 9.17) is 15.0 Å². The number of hydrogen-bond donors (Lipinski definition) is 0. The summed E-state index contributed by atoms with van der Waals surface area (Å²) >= 11 is 0. The van der Waals surface area contributed by atoms with E-state index in [2.05, 4.69) is 229 Å². The molecule has 0 radical (unpaired) electrons. The summed E-state index contributed by atoms with van der Waals surface area (Å²) in [6.07, 6.45) is 0. The van der Waals surface area contributed by atoms with Gasteiger partial charge in [0.05, 0.1) is 22.1 Å². The average molecular weight is 906 g/mol. The molecule has 1 aliphatic carbocycles. The van der Waals surface area contributed by atoms with Crippen LogP contribution in [0.25, 0.3) is 133 Å². The van der Waals surface area contributed by atoms with E-state index in [0.29, 0.717) is 17.6 Å². The Morgan fingerprint density at radius 3 is 1.51 bits per heavy atom. The van der Waals surface area contributed by atoms with Crippen LogP contribution >= 0.6 is 0 Å². The molecule has 0 atom stereocenters. The van der Waals surface area contributed by atoms with Gasteiger partial charge in [-0.05, 0) is 102 Å². The Balaban J connectivity index is 0.987. The van der Waals surface area contributed by atoms with E-state index < -0.39 is 0 Å². The van der Waals surface area contributed by atoms with Crippen molar-refractivity contribution in [1.82, 2.24) is 24.1 Å². The lowest BCUT2D eigenvalue weighted by Crippen LogP contribution is -2.14. The third-order valence-corrected chi connectivity index (χ3v) is 15.3. The number of para-hydroxylation sites is 2. The Morgan fingerprint density at radius 2 is 0.803 bits per heavy atom. The second kappa shape index (κ2) is 14.9. The van der Waals surface area contributed by atoms with Crippen molar-refractivity contribution >= 4 is 75.9 Å². The zero-order chi connectivity index (χ0) is 47.0. The van der Waals surface area contributed by atoms with Crippen molar-refractivity contribution in [2.75, 3.05) is 0 Å². The van der Waals surface area contributed by atoms with Gasteiger partial charge in [-0.3, -0.25) is 4.57 Å². The fraction of sp³-hybridized carbons (Fsp3) is 0.0455. The Morgan fingerprint density at radius 1 is 0.310 bits per heavy atom. The largest absolute Gasteiger partial charge is 0.307 e. The van der Waals surface area contributed by atoms with E-state index in [1.807, 2.05) is 18.2 Å². The first kappa shape index (κ1) is 39.8. The van der Waals surface area contributed by atoms with Crippen molar-refractivity contribution in [2.45, 2.75) is 19.3 Å². The molecule has 1 aliphatic rings. The molecule has 0 spiro atoms. The standard InChI is InChI=1S/C66H43N5/c1-66(2)57-28-13-10-25-50(57)56-39-43(32-36-58(56)66)64-67-63(40-17-4-3-5-18-40)68-65(69-64)71-60-30-15-12-27-52(60)54-35-34-53-51-26-11-14-29-59(51)70(61(53)62(54)71)44-20-16-19-41(37-44)42-31-33-49-47-23-7-6-21-45(47)46-22-8-9-24-48(46)55(49)38-42/h3-39H,1-2H3. The van der Waals surface area contributed by atoms with E-state index in [1.54, 1.807) is 0 Å². The van der Waals surface area contributed by atoms with Crippen molar-refractivity contribution in [3.63, 3.8) is 0 Å². The van der Waals surface area contributed by atoms with Crippen molar-refractivity contribution in [1.29, 1.82) is 0 Å². The molecule has 11 aromatic carbocycles. The van der Waals surface area contributed by atoms with Crippen LogP contribution in [-0.2, 0) is 5.41 Å². The summed E-state index contributed by atoms with van der Waals surface area (Å²) in [5.74, 6) is 1.81. The Bertz CT molecular complexity index is 4520. The monoisotopic (exact) mass is 905 g/mol. The zero-order valence-electron chi connectivity index (χ0n) is 39.1. The molecule has 0 aliphatic heterocycles. The SMILES string of the molecule is CC1(C)c2ccccc2-c2cc(-c3nc(-c4ccccc4)nc(-n4c5ccccc5c5ccc6c7ccccc7n(-c7cccc(-c8ccc9c%10ccccc%10c%10ccccc%10c9c8)c7)c6c54)n3)ccc21. The summed E-state index contributed by atoms with van der Waals surface area (Å²) in [5, 5.41) is 12.2. The zero-order valence-corrected chi connectivity index (χ0v) is 39.1. The normalized spacial score (nSPS) is 13.0. The van der Waals surface area contributed by atoms with Gasteiger partial charge < -0.3 is 4.57 Å². The van der Waals surface area contributed by atoms with Gasteiger partial charge in [-0.2, -0.15) is 9.97 Å². The van der Waals surface area contributed by atoms with Crippen LogP contribution < -0.4 is 0 Å². The topological polar surface area (TPSA) is 48.5 Å². The Hall–Kier alpha value is -9.19. The van der Waals surface area contributed by atoms with Crippen LogP contribution in [0.2, 0.25) is 0 Å². The highest BCUT2D eigenvalue weighted by atomic mass is 15.2. The molecule has 5 heteroatoms. The maximum Gasteiger partial charge on any atom is 0.238 e. The Kier molecular flexibility index (Phi) is 8.35. The summed E-state index contributed by atoms with van der Waals surface area (Å²) in [6, 6.07) is 81.4. The van der Waals surface area contributed by atoms with Gasteiger partial charge >= 0.3 is 0 Å². The minimum atomic E-state index is -0.115. The number of aromatic nitrogens is 5. The second-order valence-corrected chi connectivity index (χ2v) is 19.5. The lowest BCUT2D eigenvalue weighted by atomic mass is 9.82. The van der Waals surface area contributed by atoms with Crippen molar-refractivity contribution in [3.8, 4) is 56.7 Å². The third kappa shape index (κ3) is 5.78. The maximum absolute atomic E-state index is 5.50. The van der Waals surface area contributed by atoms with Crippen molar-refractivity contribution in [3.05, 3.63) is 236 Å². The van der Waals surface area contributed by atoms with Gasteiger partial charge in [0.2, 0.25) is 5.95 Å². The van der Waals surface area contributed by atoms with Gasteiger partial charge in [0, 0.05) is 43.8 Å². The highest BCUT2D eigenvalue weighted by Gasteiger charge is 2.35. The van der Waals surface area contributed by atoms with Crippen molar-refractivity contribution in [2.24, 2.45) is 0 Å². The number of nitrogens with zero attached hydrogens (tertiary/aromatic N) is 5. The second-order valence-electron chi connectivity index (χ2n) is 19.5. The first-order valence-corrected chi connectivity index (χ1v) is 24.4. The van der Waals surface area contributed by atoms with Crippen LogP contribution in [0.15, 0.2) is 224 Å². The third-order valence-electron chi connectivity index (χ3n) is 15.3. The van der Waals surface area contributed by atoms with Gasteiger partial charge in [0.25, 0.3) is 0 Å². The highest BCUT2D eigenvalue weighted by molar-refractivity contribution is 6.26. The Labute approximate surface area is 409 Å². The smallest absolute Gasteiger partial charge is 0.238 e. The predicted molar refractivity (Wildman–Crippen MR) is 295 cm³/mol. The molecule has 0 bridgehead atoms. The fourth-order valence-electron chi connectivity index (χ4n) is 12.1. The molecule has 14 aromatic rings. The van der Waals surface area contributed by atoms with Crippen LogP contribution in [0.3, 0.4) is 0 Å². The summed E-state index contributed by atoms with van der Waals surface area (Å²) in [4.78, 5) is 16.2. The molecule has 0 fully saturated rings. The molecule has 15 rings (SSSR count). The number of rotatable bonds is 5. The molecule has 0 N–H and O–H groups in total. The molecule has 0 unspecified atom stereocenters. The molecule has 3 heterocycles. The van der Waals surface area contributed by atoms with Crippen LogP contribution in [-0.4, -0.2) is 24.1 Å². The number of fused-ring (bicyclic) bond motifs is 16. The molecule has 0 saturated carbocycles. The molecule has 332 valence electrons. The molecule has 5 nitrogen and oxygen atoms in total. The fourth-order valence-corrected chi connectivity index (χ4v) is 12.1. The van der Waals surface area contributed by atoms with Gasteiger partial charge in [0.15, 0.2) is 11.6 Å². The lowest BCUT2D eigenvalue weighted by molar-refractivity contribution is 0.660. The first-order chi connectivity index (χ1) is 35.0. The van der Waals surface area contributed by atoms with Gasteiger partial charge in [-0.1, -0.05) is 202 Å². The average Bonchev–Trinajstić information content (AvgIpc) is 4.04. The molecular formula is C66H43N5. The predicted octanol–water partition coefficient (Wildman–Crippen LogP) is 16.8.